The van der Waals surface area contributed by atoms with Crippen molar-refractivity contribution in [1.29, 1.82) is 0 Å². The van der Waals surface area contributed by atoms with E-state index in [1.807, 2.05) is 0 Å². The molecule has 2 saturated heterocycles. The maximum atomic E-state index is 13.0. The highest BCUT2D eigenvalue weighted by Crippen LogP contribution is 2.78. The summed E-state index contributed by atoms with van der Waals surface area (Å²) in [4.78, 5) is 21.9. The zero-order valence-electron chi connectivity index (χ0n) is 20.2. The summed E-state index contributed by atoms with van der Waals surface area (Å²) in [5.74, 6) is 6.14. The number of rotatable bonds is 6. The van der Waals surface area contributed by atoms with E-state index in [4.69, 9.17) is 9.40 Å². The first-order valence-electron chi connectivity index (χ1n) is 13.8. The van der Waals surface area contributed by atoms with Crippen LogP contribution in [0.4, 0.5) is 4.79 Å². The molecule has 2 aromatic heterocycles. The molecule has 10 rings (SSSR count). The Morgan fingerprint density at radius 1 is 0.971 bits per heavy atom. The monoisotopic (exact) mass is 475 g/mol. The molecule has 9 nitrogen and oxygen atoms in total. The minimum absolute atomic E-state index is 0.269. The number of hydrogen-bond donors (Lipinski definition) is 1. The highest BCUT2D eigenvalue weighted by atomic mass is 16.4. The molecule has 0 radical (unpaired) electrons. The normalized spacial score (nSPS) is 35.2. The zero-order chi connectivity index (χ0) is 23.0. The predicted octanol–water partition coefficient (Wildman–Crippen LogP) is 3.59. The molecule has 2 aromatic rings. The van der Waals surface area contributed by atoms with E-state index in [1.165, 1.54) is 44.9 Å². The molecule has 8 aliphatic rings. The first-order chi connectivity index (χ1) is 17.0. The molecule has 1 N–H and O–H groups in total. The molecule has 6 saturated carbocycles. The van der Waals surface area contributed by atoms with E-state index >= 15 is 0 Å². The van der Waals surface area contributed by atoms with Crippen LogP contribution in [-0.4, -0.2) is 67.4 Å². The van der Waals surface area contributed by atoms with Gasteiger partial charge in [0, 0.05) is 55.8 Å². The fourth-order valence-corrected chi connectivity index (χ4v) is 8.41. The molecule has 9 heteroatoms. The van der Waals surface area contributed by atoms with E-state index in [2.05, 4.69) is 30.2 Å². The molecule has 0 aromatic carbocycles. The lowest BCUT2D eigenvalue weighted by Gasteiger charge is -2.75. The Bertz CT molecular complexity index is 1190. The first-order valence-corrected chi connectivity index (χ1v) is 13.8. The summed E-state index contributed by atoms with van der Waals surface area (Å²) >= 11 is 0. The van der Waals surface area contributed by atoms with Gasteiger partial charge in [-0.25, -0.2) is 9.78 Å². The van der Waals surface area contributed by atoms with Gasteiger partial charge in [0.25, 0.3) is 0 Å². The number of hydrogen-bond acceptors (Lipinski definition) is 6. The highest BCUT2D eigenvalue weighted by Gasteiger charge is 2.72. The van der Waals surface area contributed by atoms with Crippen molar-refractivity contribution in [3.8, 4) is 0 Å². The smallest absolute Gasteiger partial charge is 0.320 e. The molecule has 8 fully saturated rings. The van der Waals surface area contributed by atoms with E-state index in [9.17, 15) is 4.79 Å². The number of aromatic amines is 1. The fraction of sp³-hybridized carbons (Fsp3) is 0.808. The van der Waals surface area contributed by atoms with Crippen LogP contribution in [0.1, 0.15) is 99.0 Å². The second kappa shape index (κ2) is 6.27. The van der Waals surface area contributed by atoms with Crippen molar-refractivity contribution < 1.29 is 9.21 Å². The lowest BCUT2D eigenvalue weighted by atomic mass is 9.30. The summed E-state index contributed by atoms with van der Waals surface area (Å²) in [6, 6.07) is 0.269. The molecule has 35 heavy (non-hydrogen) atoms. The number of carbonyl (C=O) groups excluding carboxylic acids is 1. The first kappa shape index (κ1) is 19.7. The van der Waals surface area contributed by atoms with E-state index in [-0.39, 0.29) is 6.03 Å². The second-order valence-electron chi connectivity index (χ2n) is 13.6. The Kier molecular flexibility index (Phi) is 3.53. The van der Waals surface area contributed by atoms with Gasteiger partial charge >= 0.3 is 6.03 Å². The van der Waals surface area contributed by atoms with Crippen molar-refractivity contribution in [2.75, 3.05) is 26.2 Å². The van der Waals surface area contributed by atoms with Crippen LogP contribution in [0.15, 0.2) is 4.42 Å². The van der Waals surface area contributed by atoms with Gasteiger partial charge in [-0.15, -0.1) is 10.2 Å². The Labute approximate surface area is 204 Å². The molecule has 6 aliphatic carbocycles. The number of nitrogens with one attached hydrogen (secondary N) is 1. The fourth-order valence-electron chi connectivity index (χ4n) is 8.41. The summed E-state index contributed by atoms with van der Waals surface area (Å²) in [5, 5.41) is 16.2. The van der Waals surface area contributed by atoms with Gasteiger partial charge in [0.2, 0.25) is 11.8 Å². The lowest BCUT2D eigenvalue weighted by Crippen LogP contribution is -2.73. The predicted molar refractivity (Wildman–Crippen MR) is 123 cm³/mol. The van der Waals surface area contributed by atoms with Crippen molar-refractivity contribution in [2.45, 2.75) is 82.0 Å². The standard InChI is InChI=1S/C26H33N7O2/c34-23(33-13-24(14-33)5-17(6-24)21-27-20(29-30-21)15-1-2-15)32-8-18(9-32)26-10-25(11-26,12-26)7-19-28-31-22(35-19)16-3-4-16/h15-18H,1-14H2,(H,27,29,30). The third-order valence-electron chi connectivity index (χ3n) is 10.7. The van der Waals surface area contributed by atoms with Crippen LogP contribution in [0.25, 0.3) is 0 Å². The number of H-pyrrole nitrogens is 1. The molecule has 4 heterocycles. The number of likely N-dealkylation sites (tertiary alicyclic amines) is 2. The molecule has 0 unspecified atom stereocenters. The van der Waals surface area contributed by atoms with Crippen LogP contribution in [-0.2, 0) is 6.42 Å². The van der Waals surface area contributed by atoms with E-state index < -0.39 is 0 Å². The van der Waals surface area contributed by atoms with Crippen molar-refractivity contribution >= 4 is 6.03 Å². The van der Waals surface area contributed by atoms with E-state index in [0.717, 1.165) is 68.9 Å². The van der Waals surface area contributed by atoms with Gasteiger partial charge in [-0.2, -0.15) is 5.10 Å². The van der Waals surface area contributed by atoms with Gasteiger partial charge in [0.15, 0.2) is 5.82 Å². The van der Waals surface area contributed by atoms with Gasteiger partial charge in [-0.1, -0.05) is 0 Å². The van der Waals surface area contributed by atoms with Crippen molar-refractivity contribution in [2.24, 2.45) is 22.2 Å². The summed E-state index contributed by atoms with van der Waals surface area (Å²) < 4.78 is 5.92. The third-order valence-corrected chi connectivity index (χ3v) is 10.7. The minimum atomic E-state index is 0.269. The topological polar surface area (TPSA) is 104 Å². The molecular formula is C26H33N7O2. The number of carbonyl (C=O) groups is 1. The number of amides is 2. The highest BCUT2D eigenvalue weighted by molar-refractivity contribution is 5.76. The number of urea groups is 1. The summed E-state index contributed by atoms with van der Waals surface area (Å²) in [5.41, 5.74) is 1.24. The molecule has 2 amide bonds. The quantitative estimate of drug-likeness (QED) is 0.685. The van der Waals surface area contributed by atoms with Crippen LogP contribution in [0.3, 0.4) is 0 Å². The lowest BCUT2D eigenvalue weighted by molar-refractivity contribution is -0.256. The van der Waals surface area contributed by atoms with Gasteiger partial charge in [0.05, 0.1) is 0 Å². The van der Waals surface area contributed by atoms with Crippen LogP contribution in [0.2, 0.25) is 0 Å². The third kappa shape index (κ3) is 2.84. The summed E-state index contributed by atoms with van der Waals surface area (Å²) in [7, 11) is 0. The van der Waals surface area contributed by atoms with E-state index in [1.54, 1.807) is 0 Å². The van der Waals surface area contributed by atoms with Crippen molar-refractivity contribution in [3.05, 3.63) is 23.4 Å². The van der Waals surface area contributed by atoms with Gasteiger partial charge in [-0.05, 0) is 74.5 Å². The van der Waals surface area contributed by atoms with Crippen LogP contribution in [0.5, 0.6) is 0 Å². The Morgan fingerprint density at radius 3 is 2.43 bits per heavy atom. The van der Waals surface area contributed by atoms with Crippen LogP contribution < -0.4 is 0 Å². The second-order valence-corrected chi connectivity index (χ2v) is 13.6. The largest absolute Gasteiger partial charge is 0.425 e. The number of nitrogens with zero attached hydrogens (tertiary/aromatic N) is 6. The summed E-state index contributed by atoms with van der Waals surface area (Å²) in [6.45, 7) is 3.76. The number of aromatic nitrogens is 5. The maximum Gasteiger partial charge on any atom is 0.320 e. The molecule has 2 bridgehead atoms. The molecule has 1 spiro atoms. The van der Waals surface area contributed by atoms with Gasteiger partial charge in [0.1, 0.15) is 5.82 Å². The van der Waals surface area contributed by atoms with Gasteiger partial charge in [-0.3, -0.25) is 5.10 Å². The molecule has 184 valence electrons. The SMILES string of the molecule is O=C(N1CC(C23CC(Cc4nnc(C5CC5)o4)(C2)C3)C1)N1CC2(CC(c3nc(C4CC4)n[nH]3)C2)C1. The van der Waals surface area contributed by atoms with Crippen molar-refractivity contribution in [3.63, 3.8) is 0 Å². The molecule has 2 aliphatic heterocycles. The Hall–Kier alpha value is -2.45. The van der Waals surface area contributed by atoms with Crippen LogP contribution >= 0.6 is 0 Å². The minimum Gasteiger partial charge on any atom is -0.425 e. The Balaban J connectivity index is 0.736. The zero-order valence-corrected chi connectivity index (χ0v) is 20.2. The molecule has 0 atom stereocenters. The van der Waals surface area contributed by atoms with E-state index in [0.29, 0.717) is 39.9 Å². The average Bonchev–Trinajstić information content (AvgIpc) is 3.63. The molecular weight excluding hydrogens is 442 g/mol. The van der Waals surface area contributed by atoms with Crippen LogP contribution in [0, 0.1) is 22.2 Å². The average molecular weight is 476 g/mol. The maximum absolute atomic E-state index is 13.0. The Morgan fingerprint density at radius 2 is 1.71 bits per heavy atom. The van der Waals surface area contributed by atoms with Gasteiger partial charge < -0.3 is 14.2 Å². The van der Waals surface area contributed by atoms with Crippen molar-refractivity contribution in [1.82, 2.24) is 35.2 Å². The summed E-state index contributed by atoms with van der Waals surface area (Å²) in [6.07, 6.45) is 12.0.